The molecule has 226 valence electrons. The number of hydrogen-bond donors (Lipinski definition) is 2. The molecule has 41 heavy (non-hydrogen) atoms. The molecule has 4 N–H and O–H groups in total. The summed E-state index contributed by atoms with van der Waals surface area (Å²) in [6.45, 7) is 3.83. The molecule has 0 fully saturated rings. The Balaban J connectivity index is 0.00000588. The van der Waals surface area contributed by atoms with E-state index in [0.29, 0.717) is 12.8 Å². The predicted molar refractivity (Wildman–Crippen MR) is 149 cm³/mol. The number of carbonyl (C=O) groups excluding carboxylic acids is 4. The van der Waals surface area contributed by atoms with Crippen molar-refractivity contribution in [1.29, 1.82) is 0 Å². The molecule has 2 aliphatic carbocycles. The Labute approximate surface area is 240 Å². The van der Waals surface area contributed by atoms with Crippen LogP contribution >= 0.6 is 0 Å². The first-order valence-electron chi connectivity index (χ1n) is 14.2. The fourth-order valence-electron chi connectivity index (χ4n) is 6.09. The number of carbonyl (C=O) groups is 5. The number of Topliss-reactive ketones (excluding diaryl/α,β-unsaturated/α-hetero) is 1. The number of aliphatic hydroxyl groups is 1. The van der Waals surface area contributed by atoms with Crippen LogP contribution in [0, 0.1) is 17.8 Å². The van der Waals surface area contributed by atoms with E-state index in [4.69, 9.17) is 14.6 Å². The summed E-state index contributed by atoms with van der Waals surface area (Å²) in [7, 11) is 0. The van der Waals surface area contributed by atoms with Gasteiger partial charge in [0.05, 0.1) is 5.57 Å². The molecule has 0 saturated carbocycles. The van der Waals surface area contributed by atoms with E-state index in [9.17, 15) is 29.1 Å². The van der Waals surface area contributed by atoms with E-state index in [0.717, 1.165) is 37.7 Å². The van der Waals surface area contributed by atoms with Crippen molar-refractivity contribution in [2.24, 2.45) is 17.8 Å². The highest BCUT2D eigenvalue weighted by Crippen LogP contribution is 2.50. The fourth-order valence-corrected chi connectivity index (χ4v) is 6.09. The van der Waals surface area contributed by atoms with Crippen LogP contribution in [0.15, 0.2) is 47.1 Å². The van der Waals surface area contributed by atoms with Crippen LogP contribution in [0.4, 0.5) is 0 Å². The standard InChI is InChI=1S/C31H40O9.H2O/c1-3-5-7-8-9-11-12-19-16-20-14-15-21-28(31(38)40-30(21)37)27(29(20)39-26(36)18-25(34)35)22(19)17-24(33)23(32)13-10-6-4-2;/h3-6,16,19,22,24,27,29,33H,7-15,17-18H2,1-2H3,(H,34,35);1H2/b5-3+,6-4+;. The Hall–Kier alpha value is -3.37. The van der Waals surface area contributed by atoms with Gasteiger partial charge in [-0.15, -0.1) is 0 Å². The smallest absolute Gasteiger partial charge is 0.342 e. The third kappa shape index (κ3) is 8.81. The lowest BCUT2D eigenvalue weighted by Gasteiger charge is -2.42. The summed E-state index contributed by atoms with van der Waals surface area (Å²) < 4.78 is 10.6. The van der Waals surface area contributed by atoms with Crippen molar-refractivity contribution in [3.05, 3.63) is 47.1 Å². The number of allylic oxidation sites excluding steroid dienone is 5. The van der Waals surface area contributed by atoms with Gasteiger partial charge in [-0.2, -0.15) is 0 Å². The first-order valence-corrected chi connectivity index (χ1v) is 14.2. The molecule has 10 heteroatoms. The summed E-state index contributed by atoms with van der Waals surface area (Å²) >= 11 is 0. The van der Waals surface area contributed by atoms with Gasteiger partial charge in [-0.1, -0.05) is 43.2 Å². The Bertz CT molecular complexity index is 1110. The van der Waals surface area contributed by atoms with Gasteiger partial charge in [0.2, 0.25) is 0 Å². The molecule has 5 unspecified atom stereocenters. The van der Waals surface area contributed by atoms with Crippen LogP contribution in [0.2, 0.25) is 0 Å². The second-order valence-electron chi connectivity index (χ2n) is 10.7. The molecule has 0 aromatic carbocycles. The van der Waals surface area contributed by atoms with E-state index in [1.807, 2.05) is 38.2 Å². The number of aliphatic carboxylic acids is 1. The number of ether oxygens (including phenoxy) is 2. The average molecular weight is 575 g/mol. The highest BCUT2D eigenvalue weighted by molar-refractivity contribution is 6.13. The Kier molecular flexibility index (Phi) is 13.3. The van der Waals surface area contributed by atoms with Crippen LogP contribution in [-0.2, 0) is 33.4 Å². The topological polar surface area (TPSA) is 176 Å². The largest absolute Gasteiger partial charge is 0.481 e. The molecule has 0 aromatic heterocycles. The van der Waals surface area contributed by atoms with Crippen LogP contribution in [0.5, 0.6) is 0 Å². The van der Waals surface area contributed by atoms with Crippen molar-refractivity contribution in [2.75, 3.05) is 0 Å². The quantitative estimate of drug-likeness (QED) is 0.128. The van der Waals surface area contributed by atoms with Crippen molar-refractivity contribution >= 4 is 29.7 Å². The summed E-state index contributed by atoms with van der Waals surface area (Å²) in [5, 5.41) is 20.1. The van der Waals surface area contributed by atoms with Crippen LogP contribution in [-0.4, -0.2) is 57.6 Å². The zero-order valence-electron chi connectivity index (χ0n) is 23.8. The SMILES string of the molecule is C/C=C/CCCCCC1C=C2CCC3=C(C(=O)OC3=O)C(C2OC(=O)CC(=O)O)C1CC(O)C(=O)CC/C=C/C.O. The number of cyclic esters (lactones) is 2. The van der Waals surface area contributed by atoms with Gasteiger partial charge in [0.1, 0.15) is 18.6 Å². The molecule has 3 rings (SSSR count). The molecule has 0 radical (unpaired) electrons. The van der Waals surface area contributed by atoms with Gasteiger partial charge < -0.3 is 25.2 Å². The van der Waals surface area contributed by atoms with E-state index < -0.39 is 54.3 Å². The second-order valence-corrected chi connectivity index (χ2v) is 10.7. The number of esters is 3. The summed E-state index contributed by atoms with van der Waals surface area (Å²) in [6.07, 6.45) is 12.4. The van der Waals surface area contributed by atoms with Gasteiger partial charge in [-0.25, -0.2) is 9.59 Å². The van der Waals surface area contributed by atoms with Crippen molar-refractivity contribution in [3.8, 4) is 0 Å². The Morgan fingerprint density at radius 3 is 2.44 bits per heavy atom. The summed E-state index contributed by atoms with van der Waals surface area (Å²) in [5.74, 6) is -5.66. The zero-order chi connectivity index (χ0) is 29.2. The average Bonchev–Trinajstić information content (AvgIpc) is 3.11. The molecule has 0 aromatic rings. The molecular weight excluding hydrogens is 532 g/mol. The van der Waals surface area contributed by atoms with E-state index in [-0.39, 0.29) is 47.6 Å². The molecule has 0 spiro atoms. The summed E-state index contributed by atoms with van der Waals surface area (Å²) in [4.78, 5) is 62.1. The number of hydrogen-bond acceptors (Lipinski definition) is 8. The molecular formula is C31H42O10. The van der Waals surface area contributed by atoms with E-state index in [2.05, 4.69) is 6.08 Å². The van der Waals surface area contributed by atoms with Gasteiger partial charge in [0.15, 0.2) is 5.78 Å². The summed E-state index contributed by atoms with van der Waals surface area (Å²) in [5.41, 5.74) is 1.07. The first kappa shape index (κ1) is 33.8. The lowest BCUT2D eigenvalue weighted by Crippen LogP contribution is -2.44. The molecule has 2 bridgehead atoms. The highest BCUT2D eigenvalue weighted by atomic mass is 16.6. The minimum absolute atomic E-state index is 0. The molecule has 3 aliphatic rings. The van der Waals surface area contributed by atoms with Crippen molar-refractivity contribution in [3.63, 3.8) is 0 Å². The molecule has 10 nitrogen and oxygen atoms in total. The molecule has 1 heterocycles. The molecule has 1 aliphatic heterocycles. The van der Waals surface area contributed by atoms with Gasteiger partial charge in [-0.3, -0.25) is 14.4 Å². The van der Waals surface area contributed by atoms with E-state index >= 15 is 0 Å². The lowest BCUT2D eigenvalue weighted by molar-refractivity contribution is -0.159. The Morgan fingerprint density at radius 1 is 1.05 bits per heavy atom. The third-order valence-corrected chi connectivity index (χ3v) is 7.96. The van der Waals surface area contributed by atoms with E-state index in [1.165, 1.54) is 0 Å². The number of aliphatic hydroxyl groups excluding tert-OH is 1. The van der Waals surface area contributed by atoms with Crippen LogP contribution in [0.1, 0.15) is 84.5 Å². The monoisotopic (exact) mass is 574 g/mol. The number of ketones is 1. The normalized spacial score (nSPS) is 24.4. The van der Waals surface area contributed by atoms with Gasteiger partial charge in [0.25, 0.3) is 0 Å². The van der Waals surface area contributed by atoms with Crippen molar-refractivity contribution in [2.45, 2.75) is 96.7 Å². The van der Waals surface area contributed by atoms with Gasteiger partial charge >= 0.3 is 23.9 Å². The van der Waals surface area contributed by atoms with Gasteiger partial charge in [-0.05, 0) is 76.2 Å². The molecule has 0 amide bonds. The van der Waals surface area contributed by atoms with Crippen molar-refractivity contribution in [1.82, 2.24) is 0 Å². The maximum absolute atomic E-state index is 13.0. The zero-order valence-corrected chi connectivity index (χ0v) is 23.8. The number of fused-ring (bicyclic) bond motifs is 3. The number of carboxylic acid groups (broad SMARTS) is 1. The summed E-state index contributed by atoms with van der Waals surface area (Å²) in [6, 6.07) is 0. The lowest BCUT2D eigenvalue weighted by atomic mass is 9.65. The van der Waals surface area contributed by atoms with Gasteiger partial charge in [0, 0.05) is 17.9 Å². The Morgan fingerprint density at radius 2 is 1.76 bits per heavy atom. The maximum Gasteiger partial charge on any atom is 0.342 e. The molecule has 5 atom stereocenters. The predicted octanol–water partition coefficient (Wildman–Crippen LogP) is 3.71. The maximum atomic E-state index is 13.0. The third-order valence-electron chi connectivity index (χ3n) is 7.96. The van der Waals surface area contributed by atoms with Crippen LogP contribution in [0.25, 0.3) is 0 Å². The second kappa shape index (κ2) is 16.2. The van der Waals surface area contributed by atoms with Crippen molar-refractivity contribution < 1.29 is 49.1 Å². The van der Waals surface area contributed by atoms with Crippen LogP contribution in [0.3, 0.4) is 0 Å². The molecule has 0 saturated heterocycles. The number of carboxylic acids is 1. The fraction of sp³-hybridized carbons (Fsp3) is 0.581. The first-order chi connectivity index (χ1) is 19.2. The minimum Gasteiger partial charge on any atom is -0.481 e. The highest BCUT2D eigenvalue weighted by Gasteiger charge is 2.52. The van der Waals surface area contributed by atoms with E-state index in [1.54, 1.807) is 0 Å². The van der Waals surface area contributed by atoms with Crippen LogP contribution < -0.4 is 0 Å². The number of unbranched alkanes of at least 4 members (excludes halogenated alkanes) is 3. The number of rotatable bonds is 15. The minimum atomic E-state index is -1.34.